The third kappa shape index (κ3) is 3.55. The smallest absolute Gasteiger partial charge is 0.322 e. The maximum Gasteiger partial charge on any atom is 0.322 e. The van der Waals surface area contributed by atoms with Crippen molar-refractivity contribution in [1.82, 2.24) is 0 Å². The quantitative estimate of drug-likeness (QED) is 0.443. The van der Waals surface area contributed by atoms with Gasteiger partial charge in [0.1, 0.15) is 5.75 Å². The summed E-state index contributed by atoms with van der Waals surface area (Å²) in [6.45, 7) is 11.2. The van der Waals surface area contributed by atoms with Crippen molar-refractivity contribution in [3.63, 3.8) is 0 Å². The Hall–Kier alpha value is -2.49. The number of benzene rings is 1. The van der Waals surface area contributed by atoms with E-state index in [1.165, 1.54) is 6.08 Å². The Kier molecular flexibility index (Phi) is 5.96. The van der Waals surface area contributed by atoms with E-state index in [4.69, 9.17) is 4.74 Å². The van der Waals surface area contributed by atoms with E-state index in [0.29, 0.717) is 23.3 Å². The van der Waals surface area contributed by atoms with Gasteiger partial charge in [-0.3, -0.25) is 14.4 Å². The Bertz CT molecular complexity index is 811. The van der Waals surface area contributed by atoms with E-state index in [1.807, 2.05) is 34.6 Å². The SMILES string of the molecule is CCCC1=CC(=O)C=C(C)C1C(=O)Oc1c(C)c(C)c(C=O)c(C)c1C. The van der Waals surface area contributed by atoms with Gasteiger partial charge in [0.25, 0.3) is 0 Å². The van der Waals surface area contributed by atoms with Crippen molar-refractivity contribution >= 4 is 18.0 Å². The van der Waals surface area contributed by atoms with Gasteiger partial charge < -0.3 is 4.74 Å². The molecule has 1 aromatic rings. The average Bonchev–Trinajstić information content (AvgIpc) is 2.57. The van der Waals surface area contributed by atoms with Gasteiger partial charge in [-0.15, -0.1) is 0 Å². The van der Waals surface area contributed by atoms with Gasteiger partial charge in [-0.2, -0.15) is 0 Å². The number of allylic oxidation sites excluding steroid dienone is 2. The third-order valence-corrected chi connectivity index (χ3v) is 5.23. The minimum absolute atomic E-state index is 0.0793. The molecule has 1 atom stereocenters. The van der Waals surface area contributed by atoms with Gasteiger partial charge in [0.15, 0.2) is 12.1 Å². The van der Waals surface area contributed by atoms with Gasteiger partial charge >= 0.3 is 5.97 Å². The number of carbonyl (C=O) groups excluding carboxylic acids is 3. The third-order valence-electron chi connectivity index (χ3n) is 5.23. The average molecular weight is 354 g/mol. The van der Waals surface area contributed by atoms with Crippen LogP contribution in [0.1, 0.15) is 59.3 Å². The van der Waals surface area contributed by atoms with Crippen molar-refractivity contribution in [2.24, 2.45) is 5.92 Å². The summed E-state index contributed by atoms with van der Waals surface area (Å²) in [4.78, 5) is 36.1. The fourth-order valence-electron chi connectivity index (χ4n) is 3.55. The molecule has 0 N–H and O–H groups in total. The van der Waals surface area contributed by atoms with Crippen molar-refractivity contribution in [2.45, 2.75) is 54.4 Å². The maximum absolute atomic E-state index is 13.0. The Morgan fingerprint density at radius 1 is 1.04 bits per heavy atom. The molecule has 26 heavy (non-hydrogen) atoms. The Labute approximate surface area is 154 Å². The maximum atomic E-state index is 13.0. The van der Waals surface area contributed by atoms with E-state index in [0.717, 1.165) is 40.5 Å². The van der Waals surface area contributed by atoms with Gasteiger partial charge in [0, 0.05) is 5.56 Å². The molecule has 138 valence electrons. The molecule has 1 unspecified atom stereocenters. The topological polar surface area (TPSA) is 60.4 Å². The lowest BCUT2D eigenvalue weighted by atomic mass is 9.84. The van der Waals surface area contributed by atoms with Gasteiger partial charge in [-0.1, -0.05) is 18.9 Å². The number of rotatable bonds is 5. The molecule has 0 fully saturated rings. The molecule has 2 rings (SSSR count). The van der Waals surface area contributed by atoms with E-state index in [2.05, 4.69) is 0 Å². The number of ether oxygens (including phenoxy) is 1. The fourth-order valence-corrected chi connectivity index (χ4v) is 3.55. The molecule has 0 bridgehead atoms. The van der Waals surface area contributed by atoms with Gasteiger partial charge in [-0.25, -0.2) is 0 Å². The summed E-state index contributed by atoms with van der Waals surface area (Å²) in [5.41, 5.74) is 5.37. The zero-order valence-corrected chi connectivity index (χ0v) is 16.4. The zero-order valence-electron chi connectivity index (χ0n) is 16.4. The molecule has 0 spiro atoms. The number of esters is 1. The van der Waals surface area contributed by atoms with Crippen LogP contribution in [-0.4, -0.2) is 18.0 Å². The summed E-state index contributed by atoms with van der Waals surface area (Å²) in [6.07, 6.45) is 5.42. The fraction of sp³-hybridized carbons (Fsp3) is 0.409. The molecule has 4 heteroatoms. The lowest BCUT2D eigenvalue weighted by Gasteiger charge is -2.24. The summed E-state index contributed by atoms with van der Waals surface area (Å²) in [6, 6.07) is 0. The number of carbonyl (C=O) groups is 3. The Morgan fingerprint density at radius 2 is 1.62 bits per heavy atom. The molecule has 0 aliphatic heterocycles. The highest BCUT2D eigenvalue weighted by Gasteiger charge is 2.31. The number of aldehydes is 1. The number of hydrogen-bond acceptors (Lipinski definition) is 4. The van der Waals surface area contributed by atoms with Crippen LogP contribution in [0, 0.1) is 33.6 Å². The molecule has 1 aromatic carbocycles. The lowest BCUT2D eigenvalue weighted by molar-refractivity contribution is -0.136. The normalized spacial score (nSPS) is 16.8. The second-order valence-corrected chi connectivity index (χ2v) is 6.97. The first-order valence-corrected chi connectivity index (χ1v) is 8.92. The van der Waals surface area contributed by atoms with Crippen molar-refractivity contribution in [1.29, 1.82) is 0 Å². The first-order valence-electron chi connectivity index (χ1n) is 8.92. The Morgan fingerprint density at radius 3 is 2.12 bits per heavy atom. The second-order valence-electron chi connectivity index (χ2n) is 6.97. The summed E-state index contributed by atoms with van der Waals surface area (Å²) >= 11 is 0. The molecule has 0 saturated carbocycles. The summed E-state index contributed by atoms with van der Waals surface area (Å²) in [5.74, 6) is -0.479. The molecular weight excluding hydrogens is 328 g/mol. The Balaban J connectivity index is 2.44. The molecule has 0 heterocycles. The van der Waals surface area contributed by atoms with E-state index in [-0.39, 0.29) is 11.8 Å². The number of ketones is 1. The van der Waals surface area contributed by atoms with Crippen molar-refractivity contribution in [3.05, 3.63) is 51.1 Å². The molecule has 0 radical (unpaired) electrons. The first kappa shape index (κ1) is 19.8. The van der Waals surface area contributed by atoms with E-state index in [9.17, 15) is 14.4 Å². The van der Waals surface area contributed by atoms with Crippen LogP contribution in [0.25, 0.3) is 0 Å². The van der Waals surface area contributed by atoms with Crippen LogP contribution in [0.4, 0.5) is 0 Å². The van der Waals surface area contributed by atoms with E-state index < -0.39 is 5.92 Å². The standard InChI is InChI=1S/C22H26O4/c1-7-8-17-10-18(24)9-12(2)20(17)22(25)26-21-15(5)13(3)19(11-23)14(4)16(21)6/h9-11,20H,7-8H2,1-6H3. The van der Waals surface area contributed by atoms with Crippen molar-refractivity contribution in [2.75, 3.05) is 0 Å². The van der Waals surface area contributed by atoms with Crippen LogP contribution in [0.3, 0.4) is 0 Å². The summed E-state index contributed by atoms with van der Waals surface area (Å²) in [7, 11) is 0. The van der Waals surface area contributed by atoms with Gasteiger partial charge in [0.2, 0.25) is 0 Å². The first-order chi connectivity index (χ1) is 12.2. The molecule has 0 amide bonds. The van der Waals surface area contributed by atoms with Crippen LogP contribution >= 0.6 is 0 Å². The zero-order chi connectivity index (χ0) is 19.6. The van der Waals surface area contributed by atoms with Crippen LogP contribution in [0.15, 0.2) is 23.3 Å². The summed E-state index contributed by atoms with van der Waals surface area (Å²) < 4.78 is 5.81. The molecule has 4 nitrogen and oxygen atoms in total. The molecule has 0 aromatic heterocycles. The minimum atomic E-state index is -0.530. The predicted molar refractivity (Wildman–Crippen MR) is 102 cm³/mol. The highest BCUT2D eigenvalue weighted by molar-refractivity contribution is 6.03. The van der Waals surface area contributed by atoms with E-state index >= 15 is 0 Å². The summed E-state index contributed by atoms with van der Waals surface area (Å²) in [5, 5.41) is 0. The van der Waals surface area contributed by atoms with Crippen LogP contribution in [-0.2, 0) is 9.59 Å². The van der Waals surface area contributed by atoms with Crippen molar-refractivity contribution < 1.29 is 19.1 Å². The van der Waals surface area contributed by atoms with Gasteiger partial charge in [-0.05, 0) is 81.0 Å². The molecule has 0 saturated heterocycles. The van der Waals surface area contributed by atoms with Crippen LogP contribution in [0.5, 0.6) is 5.75 Å². The molecule has 1 aliphatic rings. The van der Waals surface area contributed by atoms with Gasteiger partial charge in [0.05, 0.1) is 5.92 Å². The predicted octanol–water partition coefficient (Wildman–Crippen LogP) is 4.51. The monoisotopic (exact) mass is 354 g/mol. The van der Waals surface area contributed by atoms with Crippen molar-refractivity contribution in [3.8, 4) is 5.75 Å². The number of hydrogen-bond donors (Lipinski definition) is 0. The van der Waals surface area contributed by atoms with E-state index in [1.54, 1.807) is 13.0 Å². The van der Waals surface area contributed by atoms with Crippen LogP contribution in [0.2, 0.25) is 0 Å². The molecular formula is C22H26O4. The van der Waals surface area contributed by atoms with Crippen LogP contribution < -0.4 is 4.74 Å². The highest BCUT2D eigenvalue weighted by atomic mass is 16.5. The molecule has 1 aliphatic carbocycles. The highest BCUT2D eigenvalue weighted by Crippen LogP contribution is 2.35. The lowest BCUT2D eigenvalue weighted by Crippen LogP contribution is -2.27. The minimum Gasteiger partial charge on any atom is -0.425 e. The largest absolute Gasteiger partial charge is 0.425 e. The second kappa shape index (κ2) is 7.81.